The molecule has 4 aromatic rings. The lowest BCUT2D eigenvalue weighted by atomic mass is 10.1. The lowest BCUT2D eigenvalue weighted by Gasteiger charge is -2.20. The molecular formula is C25H18F3N3O2S. The van der Waals surface area contributed by atoms with Gasteiger partial charge in [-0.05, 0) is 54.8 Å². The van der Waals surface area contributed by atoms with Crippen LogP contribution in [0.1, 0.15) is 23.7 Å². The normalized spacial score (nSPS) is 14.2. The number of aromatic nitrogens is 2. The van der Waals surface area contributed by atoms with Gasteiger partial charge < -0.3 is 5.32 Å². The van der Waals surface area contributed by atoms with E-state index >= 15 is 0 Å². The van der Waals surface area contributed by atoms with Crippen molar-refractivity contribution in [3.63, 3.8) is 0 Å². The fourth-order valence-corrected chi connectivity index (χ4v) is 4.70. The minimum atomic E-state index is -0.943. The van der Waals surface area contributed by atoms with Crippen molar-refractivity contribution < 1.29 is 18.0 Å². The van der Waals surface area contributed by atoms with Crippen molar-refractivity contribution in [3.05, 3.63) is 100 Å². The predicted molar refractivity (Wildman–Crippen MR) is 123 cm³/mol. The van der Waals surface area contributed by atoms with Gasteiger partial charge in [0.15, 0.2) is 5.16 Å². The molecule has 1 fully saturated rings. The topological polar surface area (TPSA) is 64.0 Å². The molecular weight excluding hydrogens is 463 g/mol. The Morgan fingerprint density at radius 2 is 1.71 bits per heavy atom. The van der Waals surface area contributed by atoms with Gasteiger partial charge in [-0.25, -0.2) is 18.2 Å². The monoisotopic (exact) mass is 481 g/mol. The van der Waals surface area contributed by atoms with Crippen molar-refractivity contribution in [1.82, 2.24) is 14.9 Å². The van der Waals surface area contributed by atoms with Crippen LogP contribution in [0.2, 0.25) is 0 Å². The number of amides is 1. The summed E-state index contributed by atoms with van der Waals surface area (Å²) in [6.45, 7) is 0. The number of carbonyl (C=O) groups is 1. The zero-order valence-electron chi connectivity index (χ0n) is 17.7. The Morgan fingerprint density at radius 1 is 1.00 bits per heavy atom. The van der Waals surface area contributed by atoms with Crippen LogP contribution in [-0.2, 0) is 4.79 Å². The fraction of sp³-hybridized carbons (Fsp3) is 0.160. The number of thioether (sulfide) groups is 1. The van der Waals surface area contributed by atoms with Crippen molar-refractivity contribution in [1.29, 1.82) is 0 Å². The third-order valence-electron chi connectivity index (χ3n) is 5.45. The van der Waals surface area contributed by atoms with Gasteiger partial charge in [-0.3, -0.25) is 14.2 Å². The number of nitrogens with zero attached hydrogens (tertiary/aromatic N) is 2. The first-order valence-corrected chi connectivity index (χ1v) is 11.5. The molecule has 1 amide bonds. The van der Waals surface area contributed by atoms with Crippen LogP contribution in [0.5, 0.6) is 0 Å². The van der Waals surface area contributed by atoms with E-state index in [1.54, 1.807) is 24.3 Å². The number of rotatable bonds is 6. The molecule has 1 heterocycles. The first-order valence-electron chi connectivity index (χ1n) is 10.6. The second-order valence-electron chi connectivity index (χ2n) is 7.98. The highest BCUT2D eigenvalue weighted by Crippen LogP contribution is 2.37. The van der Waals surface area contributed by atoms with E-state index in [0.717, 1.165) is 41.3 Å². The van der Waals surface area contributed by atoms with Crippen LogP contribution in [0.15, 0.2) is 76.7 Å². The van der Waals surface area contributed by atoms with Gasteiger partial charge in [0.1, 0.15) is 22.7 Å². The average Bonchev–Trinajstić information content (AvgIpc) is 3.63. The van der Waals surface area contributed by atoms with Gasteiger partial charge in [0, 0.05) is 12.1 Å². The molecule has 1 unspecified atom stereocenters. The van der Waals surface area contributed by atoms with Crippen LogP contribution in [0.3, 0.4) is 0 Å². The third-order valence-corrected chi connectivity index (χ3v) is 6.66. The molecule has 9 heteroatoms. The van der Waals surface area contributed by atoms with Crippen molar-refractivity contribution in [2.45, 2.75) is 29.3 Å². The maximum absolute atomic E-state index is 14.8. The minimum absolute atomic E-state index is 0.0504. The number of para-hydroxylation sites is 1. The number of nitrogens with one attached hydrogen (secondary N) is 1. The molecule has 0 radical (unpaired) electrons. The average molecular weight is 481 g/mol. The Hall–Kier alpha value is -3.59. The van der Waals surface area contributed by atoms with Crippen molar-refractivity contribution in [3.8, 4) is 5.69 Å². The summed E-state index contributed by atoms with van der Waals surface area (Å²) < 4.78 is 43.0. The second kappa shape index (κ2) is 8.98. The first-order chi connectivity index (χ1) is 16.4. The summed E-state index contributed by atoms with van der Waals surface area (Å²) >= 11 is 0.946. The summed E-state index contributed by atoms with van der Waals surface area (Å²) in [4.78, 5) is 31.1. The van der Waals surface area contributed by atoms with Crippen LogP contribution in [-0.4, -0.2) is 21.5 Å². The highest BCUT2D eigenvalue weighted by Gasteiger charge is 2.31. The molecule has 1 N–H and O–H groups in total. The molecule has 1 aliphatic carbocycles. The fourth-order valence-electron chi connectivity index (χ4n) is 3.59. The number of hydrogen-bond acceptors (Lipinski definition) is 4. The zero-order chi connectivity index (χ0) is 23.8. The van der Waals surface area contributed by atoms with E-state index in [-0.39, 0.29) is 28.2 Å². The number of hydrogen-bond donors (Lipinski definition) is 1. The zero-order valence-corrected chi connectivity index (χ0v) is 18.5. The number of benzene rings is 3. The highest BCUT2D eigenvalue weighted by molar-refractivity contribution is 8.00. The third kappa shape index (κ3) is 4.43. The molecule has 5 rings (SSSR count). The van der Waals surface area contributed by atoms with Gasteiger partial charge in [-0.15, -0.1) is 0 Å². The number of fused-ring (bicyclic) bond motifs is 1. The molecule has 1 saturated carbocycles. The lowest BCUT2D eigenvalue weighted by Crippen LogP contribution is -2.30. The summed E-state index contributed by atoms with van der Waals surface area (Å²) in [5.74, 6) is -2.51. The van der Waals surface area contributed by atoms with E-state index in [1.807, 2.05) is 0 Å². The Morgan fingerprint density at radius 3 is 2.41 bits per heavy atom. The van der Waals surface area contributed by atoms with Crippen molar-refractivity contribution in [2.24, 2.45) is 0 Å². The van der Waals surface area contributed by atoms with Gasteiger partial charge in [-0.1, -0.05) is 36.0 Å². The molecule has 1 atom stereocenters. The van der Waals surface area contributed by atoms with Crippen LogP contribution < -0.4 is 10.9 Å². The maximum Gasteiger partial charge on any atom is 0.266 e. The quantitative estimate of drug-likeness (QED) is 0.314. The van der Waals surface area contributed by atoms with E-state index in [2.05, 4.69) is 10.3 Å². The van der Waals surface area contributed by atoms with Gasteiger partial charge in [0.05, 0.1) is 16.6 Å². The lowest BCUT2D eigenvalue weighted by molar-refractivity contribution is -0.120. The Kier molecular flexibility index (Phi) is 5.87. The molecule has 1 aliphatic rings. The molecule has 0 spiro atoms. The summed E-state index contributed by atoms with van der Waals surface area (Å²) in [5, 5.41) is 2.34. The highest BCUT2D eigenvalue weighted by atomic mass is 32.2. The van der Waals surface area contributed by atoms with Gasteiger partial charge in [0.25, 0.3) is 5.56 Å². The molecule has 0 saturated heterocycles. The van der Waals surface area contributed by atoms with Gasteiger partial charge in [0.2, 0.25) is 5.91 Å². The largest absolute Gasteiger partial charge is 0.352 e. The standard InChI is InChI=1S/C25H18F3N3O2S/c26-15-7-5-14(6-8-15)22(23(32)29-17-10-11-17)34-25-30-20-4-2-1-3-18(20)24(33)31(25)21-12-9-16(27)13-19(21)28/h1-9,12-13,17,22H,10-11H2,(H,29,32). The minimum Gasteiger partial charge on any atom is -0.352 e. The van der Waals surface area contributed by atoms with Crippen molar-refractivity contribution in [2.75, 3.05) is 0 Å². The summed E-state index contributed by atoms with van der Waals surface area (Å²) in [6, 6.07) is 15.0. The van der Waals surface area contributed by atoms with Crippen LogP contribution in [0.25, 0.3) is 16.6 Å². The van der Waals surface area contributed by atoms with Crippen molar-refractivity contribution >= 4 is 28.6 Å². The van der Waals surface area contributed by atoms with E-state index in [4.69, 9.17) is 0 Å². The molecule has 0 aliphatic heterocycles. The first kappa shape index (κ1) is 22.2. The molecule has 3 aromatic carbocycles. The molecule has 0 bridgehead atoms. The summed E-state index contributed by atoms with van der Waals surface area (Å²) in [6.07, 6.45) is 1.73. The van der Waals surface area contributed by atoms with E-state index < -0.39 is 28.3 Å². The van der Waals surface area contributed by atoms with Crippen LogP contribution in [0.4, 0.5) is 13.2 Å². The summed E-state index contributed by atoms with van der Waals surface area (Å²) in [7, 11) is 0. The SMILES string of the molecule is O=C(NC1CC1)C(Sc1nc2ccccc2c(=O)n1-c1ccc(F)cc1F)c1ccc(F)cc1. The van der Waals surface area contributed by atoms with Gasteiger partial charge in [-0.2, -0.15) is 0 Å². The smallest absolute Gasteiger partial charge is 0.266 e. The maximum atomic E-state index is 14.8. The number of halogens is 3. The van der Waals surface area contributed by atoms with Gasteiger partial charge >= 0.3 is 0 Å². The Labute approximate surface area is 196 Å². The Balaban J connectivity index is 1.68. The summed E-state index contributed by atoms with van der Waals surface area (Å²) in [5.41, 5.74) is 0.124. The van der Waals surface area contributed by atoms with E-state index in [0.29, 0.717) is 17.1 Å². The molecule has 5 nitrogen and oxygen atoms in total. The van der Waals surface area contributed by atoms with Crippen LogP contribution >= 0.6 is 11.8 Å². The second-order valence-corrected chi connectivity index (χ2v) is 9.05. The molecule has 172 valence electrons. The molecule has 1 aromatic heterocycles. The Bertz CT molecular complexity index is 1450. The van der Waals surface area contributed by atoms with Crippen LogP contribution in [0, 0.1) is 17.5 Å². The predicted octanol–water partition coefficient (Wildman–Crippen LogP) is 4.92. The van der Waals surface area contributed by atoms with E-state index in [9.17, 15) is 22.8 Å². The van der Waals surface area contributed by atoms with E-state index in [1.165, 1.54) is 24.3 Å². The molecule has 34 heavy (non-hydrogen) atoms. The number of carbonyl (C=O) groups excluding carboxylic acids is 1.